The number of fused-ring (bicyclic) bond motifs is 1. The number of aryl methyl sites for hydroxylation is 1. The van der Waals surface area contributed by atoms with E-state index in [2.05, 4.69) is 5.32 Å². The number of hydrogen-bond donors (Lipinski definition) is 1. The molecule has 0 saturated heterocycles. The van der Waals surface area contributed by atoms with Gasteiger partial charge < -0.3 is 24.3 Å². The molecule has 2 aromatic carbocycles. The summed E-state index contributed by atoms with van der Waals surface area (Å²) in [5.74, 6) is 2.96. The highest BCUT2D eigenvalue weighted by Crippen LogP contribution is 2.31. The summed E-state index contributed by atoms with van der Waals surface area (Å²) in [6.45, 7) is 2.03. The summed E-state index contributed by atoms with van der Waals surface area (Å²) in [5.41, 5.74) is 1.14. The molecule has 0 fully saturated rings. The molecular formula is C21H25NO5. The van der Waals surface area contributed by atoms with E-state index in [1.807, 2.05) is 42.5 Å². The van der Waals surface area contributed by atoms with Gasteiger partial charge in [-0.15, -0.1) is 0 Å². The molecule has 0 saturated carbocycles. The minimum atomic E-state index is 0.0242. The van der Waals surface area contributed by atoms with E-state index in [0.717, 1.165) is 29.9 Å². The van der Waals surface area contributed by atoms with Crippen LogP contribution < -0.4 is 24.3 Å². The molecule has 6 heteroatoms. The van der Waals surface area contributed by atoms with Gasteiger partial charge in [0.2, 0.25) is 5.91 Å². The van der Waals surface area contributed by atoms with Crippen LogP contribution in [0.3, 0.4) is 0 Å². The molecule has 3 rings (SSSR count). The number of carbonyl (C=O) groups is 1. The fourth-order valence-corrected chi connectivity index (χ4v) is 2.87. The van der Waals surface area contributed by atoms with E-state index in [1.165, 1.54) is 0 Å². The monoisotopic (exact) mass is 371 g/mol. The van der Waals surface area contributed by atoms with Crippen LogP contribution in [0.15, 0.2) is 42.5 Å². The second kappa shape index (κ2) is 9.71. The van der Waals surface area contributed by atoms with Gasteiger partial charge in [-0.3, -0.25) is 4.79 Å². The number of amides is 1. The van der Waals surface area contributed by atoms with Crippen LogP contribution in [-0.4, -0.2) is 39.4 Å². The highest BCUT2D eigenvalue weighted by atomic mass is 16.6. The second-order valence-corrected chi connectivity index (χ2v) is 6.18. The summed E-state index contributed by atoms with van der Waals surface area (Å²) < 4.78 is 22.0. The van der Waals surface area contributed by atoms with Crippen molar-refractivity contribution in [3.8, 4) is 23.0 Å². The summed E-state index contributed by atoms with van der Waals surface area (Å²) in [5, 5.41) is 2.88. The smallest absolute Gasteiger partial charge is 0.220 e. The molecule has 0 atom stereocenters. The summed E-state index contributed by atoms with van der Waals surface area (Å²) in [6, 6.07) is 13.4. The number of hydrogen-bond acceptors (Lipinski definition) is 5. The van der Waals surface area contributed by atoms with Gasteiger partial charge in [0, 0.05) is 6.42 Å². The molecule has 0 aromatic heterocycles. The predicted octanol–water partition coefficient (Wildman–Crippen LogP) is 2.98. The average Bonchev–Trinajstić information content (AvgIpc) is 2.71. The van der Waals surface area contributed by atoms with Crippen LogP contribution in [0.5, 0.6) is 23.0 Å². The molecule has 27 heavy (non-hydrogen) atoms. The Morgan fingerprint density at radius 3 is 2.67 bits per heavy atom. The van der Waals surface area contributed by atoms with Crippen LogP contribution in [0.2, 0.25) is 0 Å². The Kier molecular flexibility index (Phi) is 6.79. The van der Waals surface area contributed by atoms with Crippen molar-refractivity contribution >= 4 is 5.91 Å². The molecule has 0 aliphatic carbocycles. The molecule has 1 aliphatic heterocycles. The Hall–Kier alpha value is -2.89. The Labute approximate surface area is 159 Å². The van der Waals surface area contributed by atoms with Crippen LogP contribution in [0.4, 0.5) is 0 Å². The maximum atomic E-state index is 12.0. The lowest BCUT2D eigenvalue weighted by Gasteiger charge is -2.18. The van der Waals surface area contributed by atoms with E-state index in [-0.39, 0.29) is 5.91 Å². The SMILES string of the molecule is COc1ccccc1OCCNC(=O)CCCc1ccc2c(c1)OCCO2. The van der Waals surface area contributed by atoms with E-state index in [1.54, 1.807) is 7.11 Å². The lowest BCUT2D eigenvalue weighted by molar-refractivity contribution is -0.121. The minimum absolute atomic E-state index is 0.0242. The van der Waals surface area contributed by atoms with Crippen molar-refractivity contribution < 1.29 is 23.7 Å². The first kappa shape index (κ1) is 18.9. The van der Waals surface area contributed by atoms with Gasteiger partial charge >= 0.3 is 0 Å². The van der Waals surface area contributed by atoms with Gasteiger partial charge in [0.15, 0.2) is 23.0 Å². The number of rotatable bonds is 9. The molecule has 1 N–H and O–H groups in total. The Balaban J connectivity index is 1.33. The number of carbonyl (C=O) groups excluding carboxylic acids is 1. The maximum absolute atomic E-state index is 12.0. The van der Waals surface area contributed by atoms with Gasteiger partial charge in [-0.1, -0.05) is 18.2 Å². The van der Waals surface area contributed by atoms with Crippen molar-refractivity contribution in [2.24, 2.45) is 0 Å². The summed E-state index contributed by atoms with van der Waals surface area (Å²) in [4.78, 5) is 12.0. The van der Waals surface area contributed by atoms with Crippen LogP contribution in [0.1, 0.15) is 18.4 Å². The highest BCUT2D eigenvalue weighted by molar-refractivity contribution is 5.75. The highest BCUT2D eigenvalue weighted by Gasteiger charge is 2.11. The molecular weight excluding hydrogens is 346 g/mol. The van der Waals surface area contributed by atoms with Crippen molar-refractivity contribution in [3.05, 3.63) is 48.0 Å². The van der Waals surface area contributed by atoms with Crippen molar-refractivity contribution in [1.82, 2.24) is 5.32 Å². The Morgan fingerprint density at radius 2 is 1.85 bits per heavy atom. The zero-order valence-corrected chi connectivity index (χ0v) is 15.5. The third-order valence-corrected chi connectivity index (χ3v) is 4.23. The molecule has 1 aliphatic rings. The molecule has 144 valence electrons. The first-order valence-corrected chi connectivity index (χ1v) is 9.17. The van der Waals surface area contributed by atoms with Gasteiger partial charge in [0.05, 0.1) is 13.7 Å². The van der Waals surface area contributed by atoms with E-state index in [4.69, 9.17) is 18.9 Å². The van der Waals surface area contributed by atoms with E-state index < -0.39 is 0 Å². The van der Waals surface area contributed by atoms with Crippen molar-refractivity contribution in [1.29, 1.82) is 0 Å². The quantitative estimate of drug-likeness (QED) is 0.687. The summed E-state index contributed by atoms with van der Waals surface area (Å²) in [7, 11) is 1.60. The van der Waals surface area contributed by atoms with Crippen LogP contribution in [0, 0.1) is 0 Å². The second-order valence-electron chi connectivity index (χ2n) is 6.18. The Morgan fingerprint density at radius 1 is 1.07 bits per heavy atom. The van der Waals surface area contributed by atoms with Crippen molar-refractivity contribution in [2.45, 2.75) is 19.3 Å². The largest absolute Gasteiger partial charge is 0.493 e. The van der Waals surface area contributed by atoms with E-state index in [0.29, 0.717) is 44.3 Å². The molecule has 1 heterocycles. The van der Waals surface area contributed by atoms with Gasteiger partial charge in [0.1, 0.15) is 19.8 Å². The number of benzene rings is 2. The van der Waals surface area contributed by atoms with Crippen LogP contribution >= 0.6 is 0 Å². The fraction of sp³-hybridized carbons (Fsp3) is 0.381. The molecule has 2 aromatic rings. The summed E-state index contributed by atoms with van der Waals surface area (Å²) >= 11 is 0. The van der Waals surface area contributed by atoms with Gasteiger partial charge in [-0.2, -0.15) is 0 Å². The normalized spacial score (nSPS) is 12.3. The number of methoxy groups -OCH3 is 1. The minimum Gasteiger partial charge on any atom is -0.493 e. The topological polar surface area (TPSA) is 66.0 Å². The van der Waals surface area contributed by atoms with Crippen molar-refractivity contribution in [3.63, 3.8) is 0 Å². The van der Waals surface area contributed by atoms with Gasteiger partial charge in [-0.25, -0.2) is 0 Å². The maximum Gasteiger partial charge on any atom is 0.220 e. The third-order valence-electron chi connectivity index (χ3n) is 4.23. The third kappa shape index (κ3) is 5.54. The fourth-order valence-electron chi connectivity index (χ4n) is 2.87. The molecule has 0 bridgehead atoms. The standard InChI is InChI=1S/C21H25NO5/c1-24-17-6-2-3-7-18(17)25-12-11-22-21(23)8-4-5-16-9-10-19-20(15-16)27-14-13-26-19/h2-3,6-7,9-10,15H,4-5,8,11-14H2,1H3,(H,22,23). The molecule has 0 radical (unpaired) electrons. The predicted molar refractivity (Wildman–Crippen MR) is 102 cm³/mol. The van der Waals surface area contributed by atoms with E-state index >= 15 is 0 Å². The van der Waals surface area contributed by atoms with E-state index in [9.17, 15) is 4.79 Å². The molecule has 0 spiro atoms. The zero-order chi connectivity index (χ0) is 18.9. The number of para-hydroxylation sites is 2. The Bertz CT molecular complexity index is 762. The van der Waals surface area contributed by atoms with Crippen LogP contribution in [-0.2, 0) is 11.2 Å². The lowest BCUT2D eigenvalue weighted by Crippen LogP contribution is -2.27. The molecule has 1 amide bonds. The lowest BCUT2D eigenvalue weighted by atomic mass is 10.1. The average molecular weight is 371 g/mol. The molecule has 0 unspecified atom stereocenters. The van der Waals surface area contributed by atoms with Crippen molar-refractivity contribution in [2.75, 3.05) is 33.5 Å². The number of ether oxygens (including phenoxy) is 4. The number of nitrogens with one attached hydrogen (secondary N) is 1. The van der Waals surface area contributed by atoms with Gasteiger partial charge in [-0.05, 0) is 42.7 Å². The molecule has 6 nitrogen and oxygen atoms in total. The zero-order valence-electron chi connectivity index (χ0n) is 15.5. The summed E-state index contributed by atoms with van der Waals surface area (Å²) in [6.07, 6.45) is 2.07. The van der Waals surface area contributed by atoms with Crippen LogP contribution in [0.25, 0.3) is 0 Å². The first-order valence-electron chi connectivity index (χ1n) is 9.17. The van der Waals surface area contributed by atoms with Gasteiger partial charge in [0.25, 0.3) is 0 Å². The first-order chi connectivity index (χ1) is 13.3.